The van der Waals surface area contributed by atoms with E-state index in [2.05, 4.69) is 6.07 Å². The largest absolute Gasteiger partial charge is 0.312 e. The van der Waals surface area contributed by atoms with Crippen LogP contribution in [0.3, 0.4) is 0 Å². The maximum atomic E-state index is 12.8. The van der Waals surface area contributed by atoms with Crippen LogP contribution in [0.4, 0.5) is 5.69 Å². The molecule has 1 atom stereocenters. The van der Waals surface area contributed by atoms with Gasteiger partial charge >= 0.3 is 0 Å². The Balaban J connectivity index is 1.88. The third-order valence-corrected chi connectivity index (χ3v) is 4.77. The maximum absolute atomic E-state index is 12.8. The lowest BCUT2D eigenvalue weighted by Crippen LogP contribution is -2.40. The molecule has 1 saturated heterocycles. The van der Waals surface area contributed by atoms with Gasteiger partial charge in [0, 0.05) is 18.7 Å². The Labute approximate surface area is 124 Å². The van der Waals surface area contributed by atoms with Gasteiger partial charge in [0.15, 0.2) is 0 Å². The molecule has 1 aliphatic heterocycles. The number of nitrogens with zero attached hydrogens (tertiary/aromatic N) is 2. The van der Waals surface area contributed by atoms with E-state index < -0.39 is 5.41 Å². The van der Waals surface area contributed by atoms with Gasteiger partial charge in [0.1, 0.15) is 11.2 Å². The molecule has 1 aromatic carbocycles. The van der Waals surface area contributed by atoms with Crippen LogP contribution in [0.2, 0.25) is 0 Å². The van der Waals surface area contributed by atoms with Crippen molar-refractivity contribution in [2.75, 3.05) is 11.4 Å². The number of carbonyl (C=O) groups is 2. The molecule has 2 aliphatic rings. The second kappa shape index (κ2) is 5.33. The van der Waals surface area contributed by atoms with Crippen LogP contribution in [0.1, 0.15) is 44.1 Å². The molecule has 1 unspecified atom stereocenters. The smallest absolute Gasteiger partial charge is 0.240 e. The second-order valence-corrected chi connectivity index (χ2v) is 5.93. The van der Waals surface area contributed by atoms with Crippen molar-refractivity contribution in [1.29, 1.82) is 5.26 Å². The van der Waals surface area contributed by atoms with Gasteiger partial charge in [-0.25, -0.2) is 0 Å². The molecule has 1 amide bonds. The number of ketones is 1. The van der Waals surface area contributed by atoms with E-state index in [1.807, 2.05) is 0 Å². The third kappa shape index (κ3) is 2.23. The molecular formula is C17H18N2O2. The number of benzene rings is 1. The van der Waals surface area contributed by atoms with E-state index in [1.54, 1.807) is 29.2 Å². The van der Waals surface area contributed by atoms with Crippen molar-refractivity contribution in [3.63, 3.8) is 0 Å². The summed E-state index contributed by atoms with van der Waals surface area (Å²) in [6.07, 6.45) is 4.76. The van der Waals surface area contributed by atoms with Crippen molar-refractivity contribution < 1.29 is 9.59 Å². The minimum atomic E-state index is -0.773. The number of rotatable bonds is 1. The first-order chi connectivity index (χ1) is 10.2. The Morgan fingerprint density at radius 2 is 1.81 bits per heavy atom. The maximum Gasteiger partial charge on any atom is 0.240 e. The van der Waals surface area contributed by atoms with Gasteiger partial charge in [-0.05, 0) is 43.5 Å². The summed E-state index contributed by atoms with van der Waals surface area (Å²) in [7, 11) is 0. The van der Waals surface area contributed by atoms with E-state index in [1.165, 1.54) is 0 Å². The SMILES string of the molecule is N#Cc1ccc(N2CCC3(CCCCCC3=O)C2=O)cc1. The van der Waals surface area contributed by atoms with Gasteiger partial charge in [0.25, 0.3) is 0 Å². The van der Waals surface area contributed by atoms with Gasteiger partial charge in [-0.1, -0.05) is 12.8 Å². The van der Waals surface area contributed by atoms with E-state index in [9.17, 15) is 9.59 Å². The Hall–Kier alpha value is -2.15. The Morgan fingerprint density at radius 1 is 1.05 bits per heavy atom. The first-order valence-electron chi connectivity index (χ1n) is 7.53. The summed E-state index contributed by atoms with van der Waals surface area (Å²) in [4.78, 5) is 27.0. The van der Waals surface area contributed by atoms with Crippen LogP contribution in [-0.2, 0) is 9.59 Å². The van der Waals surface area contributed by atoms with Crippen molar-refractivity contribution in [1.82, 2.24) is 0 Å². The van der Waals surface area contributed by atoms with Crippen molar-refractivity contribution in [2.45, 2.75) is 38.5 Å². The highest BCUT2D eigenvalue weighted by molar-refractivity contribution is 6.14. The summed E-state index contributed by atoms with van der Waals surface area (Å²) in [6.45, 7) is 0.594. The highest BCUT2D eigenvalue weighted by Crippen LogP contribution is 2.42. The standard InChI is InChI=1S/C17H18N2O2/c18-12-13-5-7-14(8-6-13)19-11-10-17(16(19)21)9-3-1-2-4-15(17)20/h5-8H,1-4,9-11H2. The first kappa shape index (κ1) is 13.8. The third-order valence-electron chi connectivity index (χ3n) is 4.77. The topological polar surface area (TPSA) is 61.2 Å². The van der Waals surface area contributed by atoms with Gasteiger partial charge in [0.2, 0.25) is 5.91 Å². The van der Waals surface area contributed by atoms with Crippen LogP contribution in [0.15, 0.2) is 24.3 Å². The van der Waals surface area contributed by atoms with Crippen molar-refractivity contribution in [3.8, 4) is 6.07 Å². The van der Waals surface area contributed by atoms with E-state index in [-0.39, 0.29) is 11.7 Å². The molecular weight excluding hydrogens is 264 g/mol. The molecule has 4 heteroatoms. The summed E-state index contributed by atoms with van der Waals surface area (Å²) >= 11 is 0. The molecule has 1 spiro atoms. The van der Waals surface area contributed by atoms with E-state index in [0.717, 1.165) is 24.9 Å². The van der Waals surface area contributed by atoms with E-state index >= 15 is 0 Å². The van der Waals surface area contributed by atoms with Gasteiger partial charge in [-0.2, -0.15) is 5.26 Å². The van der Waals surface area contributed by atoms with Gasteiger partial charge < -0.3 is 4.90 Å². The molecule has 1 aromatic rings. The number of nitriles is 1. The average molecular weight is 282 g/mol. The molecule has 2 fully saturated rings. The van der Waals surface area contributed by atoms with Crippen LogP contribution in [0.25, 0.3) is 0 Å². The predicted octanol–water partition coefficient (Wildman–Crippen LogP) is 2.81. The summed E-state index contributed by atoms with van der Waals surface area (Å²) < 4.78 is 0. The zero-order chi connectivity index (χ0) is 14.9. The van der Waals surface area contributed by atoms with Crippen LogP contribution in [0, 0.1) is 16.7 Å². The molecule has 3 rings (SSSR count). The lowest BCUT2D eigenvalue weighted by Gasteiger charge is -2.25. The summed E-state index contributed by atoms with van der Waals surface area (Å²) in [6, 6.07) is 9.07. The summed E-state index contributed by atoms with van der Waals surface area (Å²) in [5.41, 5.74) is 0.586. The quantitative estimate of drug-likeness (QED) is 0.744. The number of Topliss-reactive ketones (excluding diaryl/α,β-unsaturated/α-hetero) is 1. The summed E-state index contributed by atoms with van der Waals surface area (Å²) in [5.74, 6) is 0.0836. The van der Waals surface area contributed by atoms with Crippen molar-refractivity contribution in [3.05, 3.63) is 29.8 Å². The van der Waals surface area contributed by atoms with Gasteiger partial charge in [-0.3, -0.25) is 9.59 Å². The first-order valence-corrected chi connectivity index (χ1v) is 7.53. The Morgan fingerprint density at radius 3 is 2.52 bits per heavy atom. The highest BCUT2D eigenvalue weighted by Gasteiger charge is 2.51. The van der Waals surface area contributed by atoms with Crippen LogP contribution < -0.4 is 4.90 Å². The molecule has 108 valence electrons. The zero-order valence-corrected chi connectivity index (χ0v) is 12.0. The molecule has 21 heavy (non-hydrogen) atoms. The second-order valence-electron chi connectivity index (χ2n) is 5.93. The van der Waals surface area contributed by atoms with Crippen molar-refractivity contribution in [2.24, 2.45) is 5.41 Å². The number of amides is 1. The molecule has 4 nitrogen and oxygen atoms in total. The molecule has 0 N–H and O–H groups in total. The van der Waals surface area contributed by atoms with E-state index in [4.69, 9.17) is 5.26 Å². The molecule has 0 radical (unpaired) electrons. The Kier molecular flexibility index (Phi) is 3.50. The van der Waals surface area contributed by atoms with Crippen molar-refractivity contribution >= 4 is 17.4 Å². The molecule has 1 saturated carbocycles. The predicted molar refractivity (Wildman–Crippen MR) is 78.7 cm³/mol. The molecule has 1 heterocycles. The Bertz CT molecular complexity index is 615. The molecule has 0 bridgehead atoms. The van der Waals surface area contributed by atoms with Gasteiger partial charge in [-0.15, -0.1) is 0 Å². The number of hydrogen-bond acceptors (Lipinski definition) is 3. The lowest BCUT2D eigenvalue weighted by atomic mass is 9.78. The zero-order valence-electron chi connectivity index (χ0n) is 12.0. The van der Waals surface area contributed by atoms with Crippen LogP contribution in [-0.4, -0.2) is 18.2 Å². The van der Waals surface area contributed by atoms with Crippen LogP contribution in [0.5, 0.6) is 0 Å². The molecule has 1 aliphatic carbocycles. The minimum Gasteiger partial charge on any atom is -0.312 e. The average Bonchev–Trinajstić information content (AvgIpc) is 2.72. The fourth-order valence-electron chi connectivity index (χ4n) is 3.49. The number of anilines is 1. The number of hydrogen-bond donors (Lipinski definition) is 0. The normalized spacial score (nSPS) is 26.0. The minimum absolute atomic E-state index is 0.0425. The fourth-order valence-corrected chi connectivity index (χ4v) is 3.49. The van der Waals surface area contributed by atoms with E-state index in [0.29, 0.717) is 31.4 Å². The van der Waals surface area contributed by atoms with Crippen LogP contribution >= 0.6 is 0 Å². The van der Waals surface area contributed by atoms with Gasteiger partial charge in [0.05, 0.1) is 11.6 Å². The molecule has 0 aromatic heterocycles. The highest BCUT2D eigenvalue weighted by atomic mass is 16.2. The summed E-state index contributed by atoms with van der Waals surface area (Å²) in [5, 5.41) is 8.84. The lowest BCUT2D eigenvalue weighted by molar-refractivity contribution is -0.138. The fraction of sp³-hybridized carbons (Fsp3) is 0.471. The number of carbonyl (C=O) groups excluding carboxylic acids is 2. The monoisotopic (exact) mass is 282 g/mol.